The van der Waals surface area contributed by atoms with Crippen LogP contribution in [0.15, 0.2) is 6.20 Å². The van der Waals surface area contributed by atoms with Crippen LogP contribution in [0.4, 0.5) is 5.69 Å². The molecule has 2 rings (SSSR count). The van der Waals surface area contributed by atoms with Gasteiger partial charge in [0.2, 0.25) is 0 Å². The molecule has 110 valence electrons. The molecule has 1 aromatic heterocycles. The molecule has 20 heavy (non-hydrogen) atoms. The molecule has 2 unspecified atom stereocenters. The molecule has 1 fully saturated rings. The number of carbonyl (C=O) groups is 1. The molecule has 5 heteroatoms. The molecule has 0 aromatic carbocycles. The zero-order valence-electron chi connectivity index (χ0n) is 12.6. The smallest absolute Gasteiger partial charge is 0.356 e. The number of hydrogen-bond acceptors (Lipinski definition) is 4. The second-order valence-corrected chi connectivity index (χ2v) is 5.96. The maximum atomic E-state index is 11.5. The Kier molecular flexibility index (Phi) is 4.26. The van der Waals surface area contributed by atoms with E-state index in [1.54, 1.807) is 6.20 Å². The number of nitrogens with zero attached hydrogens (tertiary/aromatic N) is 3. The van der Waals surface area contributed by atoms with Gasteiger partial charge in [-0.05, 0) is 33.1 Å². The predicted molar refractivity (Wildman–Crippen MR) is 78.3 cm³/mol. The number of hydrogen-bond donors (Lipinski definition) is 1. The van der Waals surface area contributed by atoms with Crippen LogP contribution < -0.4 is 4.90 Å². The average molecular weight is 277 g/mol. The molecular formula is C15H23N3O2. The minimum atomic E-state index is -0.978. The van der Waals surface area contributed by atoms with E-state index in [2.05, 4.69) is 28.7 Å². The van der Waals surface area contributed by atoms with Crippen molar-refractivity contribution < 1.29 is 9.90 Å². The normalized spacial score (nSPS) is 23.1. The van der Waals surface area contributed by atoms with Crippen LogP contribution in [0.2, 0.25) is 0 Å². The molecule has 0 spiro atoms. The fourth-order valence-corrected chi connectivity index (χ4v) is 2.91. The molecule has 1 saturated heterocycles. The monoisotopic (exact) mass is 277 g/mol. The Bertz CT molecular complexity index is 492. The van der Waals surface area contributed by atoms with E-state index in [0.29, 0.717) is 23.6 Å². The van der Waals surface area contributed by atoms with Gasteiger partial charge in [-0.2, -0.15) is 0 Å². The Hall–Kier alpha value is -1.65. The van der Waals surface area contributed by atoms with Crippen LogP contribution in [0.1, 0.15) is 69.2 Å². The lowest BCUT2D eigenvalue weighted by Crippen LogP contribution is -2.44. The Morgan fingerprint density at radius 1 is 1.35 bits per heavy atom. The Labute approximate surface area is 120 Å². The maximum Gasteiger partial charge on any atom is 0.356 e. The van der Waals surface area contributed by atoms with Crippen LogP contribution in [-0.4, -0.2) is 33.1 Å². The number of aromatic carboxylic acids is 1. The van der Waals surface area contributed by atoms with Crippen molar-refractivity contribution in [3.8, 4) is 0 Å². The lowest BCUT2D eigenvalue weighted by atomic mass is 9.96. The number of aromatic nitrogens is 2. The molecule has 1 aromatic rings. The minimum Gasteiger partial charge on any atom is -0.476 e. The topological polar surface area (TPSA) is 66.3 Å². The number of piperidine rings is 1. The fourth-order valence-electron chi connectivity index (χ4n) is 2.91. The van der Waals surface area contributed by atoms with Gasteiger partial charge >= 0.3 is 5.97 Å². The van der Waals surface area contributed by atoms with E-state index in [4.69, 9.17) is 0 Å². The molecule has 0 radical (unpaired) electrons. The van der Waals surface area contributed by atoms with Gasteiger partial charge in [-0.15, -0.1) is 0 Å². The molecule has 0 bridgehead atoms. The Morgan fingerprint density at radius 2 is 1.95 bits per heavy atom. The van der Waals surface area contributed by atoms with E-state index in [-0.39, 0.29) is 11.6 Å². The van der Waals surface area contributed by atoms with Crippen molar-refractivity contribution in [2.75, 3.05) is 4.90 Å². The summed E-state index contributed by atoms with van der Waals surface area (Å²) in [7, 11) is 0. The van der Waals surface area contributed by atoms with Crippen molar-refractivity contribution in [1.29, 1.82) is 0 Å². The third kappa shape index (κ3) is 2.76. The number of anilines is 1. The van der Waals surface area contributed by atoms with Crippen LogP contribution in [-0.2, 0) is 0 Å². The SMILES string of the molecule is CC(C)c1ncc(N2C(C)CCCC2C)c(C(=O)O)n1. The lowest BCUT2D eigenvalue weighted by Gasteiger charge is -2.41. The van der Waals surface area contributed by atoms with E-state index >= 15 is 0 Å². The maximum absolute atomic E-state index is 11.5. The molecule has 1 N–H and O–H groups in total. The number of carboxylic acids is 1. The highest BCUT2D eigenvalue weighted by atomic mass is 16.4. The van der Waals surface area contributed by atoms with Gasteiger partial charge in [-0.1, -0.05) is 13.8 Å². The van der Waals surface area contributed by atoms with Crippen molar-refractivity contribution in [3.63, 3.8) is 0 Å². The molecule has 1 aliphatic heterocycles. The van der Waals surface area contributed by atoms with Crippen molar-refractivity contribution in [1.82, 2.24) is 9.97 Å². The summed E-state index contributed by atoms with van der Waals surface area (Å²) >= 11 is 0. The first-order valence-corrected chi connectivity index (χ1v) is 7.30. The van der Waals surface area contributed by atoms with Gasteiger partial charge in [0.15, 0.2) is 5.69 Å². The zero-order valence-corrected chi connectivity index (χ0v) is 12.6. The van der Waals surface area contributed by atoms with Crippen molar-refractivity contribution in [3.05, 3.63) is 17.7 Å². The molecule has 2 atom stereocenters. The van der Waals surface area contributed by atoms with Crippen LogP contribution in [0, 0.1) is 0 Å². The first-order valence-electron chi connectivity index (χ1n) is 7.30. The summed E-state index contributed by atoms with van der Waals surface area (Å²) in [6, 6.07) is 0.649. The average Bonchev–Trinajstić information content (AvgIpc) is 2.38. The Morgan fingerprint density at radius 3 is 2.45 bits per heavy atom. The van der Waals surface area contributed by atoms with E-state index < -0.39 is 5.97 Å². The van der Waals surface area contributed by atoms with E-state index in [1.807, 2.05) is 13.8 Å². The highest BCUT2D eigenvalue weighted by Crippen LogP contribution is 2.31. The standard InChI is InChI=1S/C15H23N3O2/c1-9(2)14-16-8-12(13(17-14)15(19)20)18-10(3)6-5-7-11(18)4/h8-11H,5-7H2,1-4H3,(H,19,20). The van der Waals surface area contributed by atoms with Crippen LogP contribution in [0.25, 0.3) is 0 Å². The first kappa shape index (κ1) is 14.8. The van der Waals surface area contributed by atoms with Gasteiger partial charge in [-0.3, -0.25) is 0 Å². The third-order valence-corrected chi connectivity index (χ3v) is 3.98. The summed E-state index contributed by atoms with van der Waals surface area (Å²) in [6.07, 6.45) is 5.03. The minimum absolute atomic E-state index is 0.123. The second-order valence-electron chi connectivity index (χ2n) is 5.96. The summed E-state index contributed by atoms with van der Waals surface area (Å²) in [5.41, 5.74) is 0.783. The molecular weight excluding hydrogens is 254 g/mol. The molecule has 0 aliphatic carbocycles. The first-order chi connectivity index (χ1) is 9.41. The Balaban J connectivity index is 2.47. The van der Waals surface area contributed by atoms with Crippen molar-refractivity contribution in [2.45, 2.75) is 65.0 Å². The predicted octanol–water partition coefficient (Wildman–Crippen LogP) is 3.07. The van der Waals surface area contributed by atoms with Gasteiger partial charge < -0.3 is 10.0 Å². The summed E-state index contributed by atoms with van der Waals surface area (Å²) < 4.78 is 0. The lowest BCUT2D eigenvalue weighted by molar-refractivity contribution is 0.0690. The van der Waals surface area contributed by atoms with E-state index in [1.165, 1.54) is 6.42 Å². The number of carboxylic acid groups (broad SMARTS) is 1. The second kappa shape index (κ2) is 5.77. The van der Waals surface area contributed by atoms with Crippen molar-refractivity contribution in [2.24, 2.45) is 0 Å². The zero-order chi connectivity index (χ0) is 14.9. The van der Waals surface area contributed by atoms with Gasteiger partial charge in [-0.25, -0.2) is 14.8 Å². The largest absolute Gasteiger partial charge is 0.476 e. The summed E-state index contributed by atoms with van der Waals surface area (Å²) in [5, 5.41) is 9.46. The van der Waals surface area contributed by atoms with Gasteiger partial charge in [0.05, 0.1) is 11.9 Å². The third-order valence-electron chi connectivity index (χ3n) is 3.98. The molecule has 1 aliphatic rings. The van der Waals surface area contributed by atoms with E-state index in [9.17, 15) is 9.90 Å². The molecule has 0 saturated carbocycles. The number of rotatable bonds is 3. The highest BCUT2D eigenvalue weighted by Gasteiger charge is 2.29. The summed E-state index contributed by atoms with van der Waals surface area (Å²) in [5.74, 6) is -0.268. The quantitative estimate of drug-likeness (QED) is 0.919. The van der Waals surface area contributed by atoms with Gasteiger partial charge in [0, 0.05) is 18.0 Å². The van der Waals surface area contributed by atoms with Crippen molar-refractivity contribution >= 4 is 11.7 Å². The molecule has 0 amide bonds. The van der Waals surface area contributed by atoms with Gasteiger partial charge in [0.1, 0.15) is 5.82 Å². The molecule has 2 heterocycles. The van der Waals surface area contributed by atoms with Crippen LogP contribution in [0.3, 0.4) is 0 Å². The highest BCUT2D eigenvalue weighted by molar-refractivity contribution is 5.92. The van der Waals surface area contributed by atoms with Crippen LogP contribution in [0.5, 0.6) is 0 Å². The van der Waals surface area contributed by atoms with E-state index in [0.717, 1.165) is 12.8 Å². The van der Waals surface area contributed by atoms with Crippen LogP contribution >= 0.6 is 0 Å². The molecule has 5 nitrogen and oxygen atoms in total. The summed E-state index contributed by atoms with van der Waals surface area (Å²) in [6.45, 7) is 8.20. The summed E-state index contributed by atoms with van der Waals surface area (Å²) in [4.78, 5) is 22.3. The fraction of sp³-hybridized carbons (Fsp3) is 0.667. The van der Waals surface area contributed by atoms with Gasteiger partial charge in [0.25, 0.3) is 0 Å².